The van der Waals surface area contributed by atoms with Gasteiger partial charge in [0.05, 0.1) is 24.4 Å². The topological polar surface area (TPSA) is 136 Å². The van der Waals surface area contributed by atoms with Crippen molar-refractivity contribution in [2.75, 3.05) is 13.2 Å². The molecule has 0 spiro atoms. The highest BCUT2D eigenvalue weighted by Crippen LogP contribution is 2.46. The fourth-order valence-electron chi connectivity index (χ4n) is 5.44. The van der Waals surface area contributed by atoms with Crippen LogP contribution in [0.2, 0.25) is 5.02 Å². The van der Waals surface area contributed by atoms with E-state index in [1.807, 2.05) is 0 Å². The quantitative estimate of drug-likeness (QED) is 0.223. The van der Waals surface area contributed by atoms with Gasteiger partial charge in [-0.15, -0.1) is 6.58 Å². The molecular weight excluding hydrogens is 588 g/mol. The van der Waals surface area contributed by atoms with Gasteiger partial charge in [0.1, 0.15) is 29.5 Å². The molecule has 5 atom stereocenters. The minimum absolute atomic E-state index is 0.0371. The molecule has 236 valence electrons. The highest BCUT2D eigenvalue weighted by molar-refractivity contribution is 6.31. The Labute approximate surface area is 261 Å². The maximum absolute atomic E-state index is 14.2. The molecule has 1 aromatic carbocycles. The number of amides is 3. The molecule has 1 aliphatic carbocycles. The molecule has 1 aliphatic heterocycles. The Kier molecular flexibility index (Phi) is 9.58. The average molecular weight is 627 g/mol. The number of aromatic nitrogens is 1. The number of rotatable bonds is 10. The van der Waals surface area contributed by atoms with E-state index >= 15 is 0 Å². The van der Waals surface area contributed by atoms with Gasteiger partial charge in [-0.25, -0.2) is 9.59 Å². The predicted octanol–water partition coefficient (Wildman–Crippen LogP) is 4.54. The zero-order valence-electron chi connectivity index (χ0n) is 25.6. The first-order valence-electron chi connectivity index (χ1n) is 14.5. The van der Waals surface area contributed by atoms with Crippen molar-refractivity contribution < 1.29 is 33.4 Å². The van der Waals surface area contributed by atoms with Crippen LogP contribution in [0.15, 0.2) is 55.5 Å². The lowest BCUT2D eigenvalue weighted by molar-refractivity contribution is -0.150. The Morgan fingerprint density at radius 3 is 2.59 bits per heavy atom. The van der Waals surface area contributed by atoms with Crippen LogP contribution in [0, 0.1) is 11.3 Å². The number of ether oxygens (including phenoxy) is 3. The number of fused-ring (bicyclic) bond motifs is 1. The van der Waals surface area contributed by atoms with E-state index in [0.29, 0.717) is 28.1 Å². The molecule has 0 bridgehead atoms. The van der Waals surface area contributed by atoms with Crippen LogP contribution in [0.3, 0.4) is 0 Å². The molecule has 3 amide bonds. The molecule has 2 N–H and O–H groups in total. The number of alkyl carbamates (subject to hydrolysis) is 1. The summed E-state index contributed by atoms with van der Waals surface area (Å²) >= 11 is 6.15. The number of pyridine rings is 1. The van der Waals surface area contributed by atoms with Gasteiger partial charge in [0.25, 0.3) is 0 Å². The summed E-state index contributed by atoms with van der Waals surface area (Å²) in [6, 6.07) is 4.86. The highest BCUT2D eigenvalue weighted by atomic mass is 35.5. The summed E-state index contributed by atoms with van der Waals surface area (Å²) in [6.07, 6.45) is 2.22. The molecule has 2 aromatic rings. The van der Waals surface area contributed by atoms with Gasteiger partial charge >= 0.3 is 12.1 Å². The van der Waals surface area contributed by atoms with Crippen molar-refractivity contribution in [1.29, 1.82) is 0 Å². The van der Waals surface area contributed by atoms with E-state index in [1.165, 1.54) is 11.8 Å². The third-order valence-corrected chi connectivity index (χ3v) is 7.97. The molecule has 2 fully saturated rings. The number of likely N-dealkylation sites (tertiary alicyclic amines) is 1. The Balaban J connectivity index is 1.65. The SMILES string of the molecule is C=C[C@@H]1C[C@]1(NC(=O)[C@@H]1C[C@@H](Oc2ccnc3cc(Cl)ccc23)CN1C(=O)[C@@H](NC(=O)OC(=C)C)C(C)(C)C)C(=O)OCC. The van der Waals surface area contributed by atoms with E-state index in [-0.39, 0.29) is 31.2 Å². The lowest BCUT2D eigenvalue weighted by Gasteiger charge is -2.35. The summed E-state index contributed by atoms with van der Waals surface area (Å²) in [7, 11) is 0. The van der Waals surface area contributed by atoms with Gasteiger partial charge in [-0.3, -0.25) is 14.6 Å². The van der Waals surface area contributed by atoms with Crippen molar-refractivity contribution in [2.45, 2.75) is 71.2 Å². The fourth-order valence-corrected chi connectivity index (χ4v) is 5.60. The van der Waals surface area contributed by atoms with Crippen molar-refractivity contribution in [3.8, 4) is 5.75 Å². The summed E-state index contributed by atoms with van der Waals surface area (Å²) in [5.41, 5.74) is -1.39. The largest absolute Gasteiger partial charge is 0.488 e. The first-order valence-corrected chi connectivity index (χ1v) is 14.8. The first-order chi connectivity index (χ1) is 20.7. The summed E-state index contributed by atoms with van der Waals surface area (Å²) in [5.74, 6) is -1.23. The number of carbonyl (C=O) groups is 4. The van der Waals surface area contributed by atoms with Gasteiger partial charge in [-0.2, -0.15) is 0 Å². The van der Waals surface area contributed by atoms with Crippen LogP contribution in [0.5, 0.6) is 5.75 Å². The van der Waals surface area contributed by atoms with Crippen LogP contribution >= 0.6 is 11.6 Å². The molecule has 0 radical (unpaired) electrons. The zero-order valence-corrected chi connectivity index (χ0v) is 26.4. The Morgan fingerprint density at radius 2 is 1.98 bits per heavy atom. The lowest BCUT2D eigenvalue weighted by atomic mass is 9.85. The number of hydrogen-bond acceptors (Lipinski definition) is 8. The van der Waals surface area contributed by atoms with Crippen molar-refractivity contribution in [2.24, 2.45) is 11.3 Å². The molecule has 2 heterocycles. The van der Waals surface area contributed by atoms with Crippen molar-refractivity contribution in [3.05, 3.63) is 60.5 Å². The number of carbonyl (C=O) groups excluding carboxylic acids is 4. The van der Waals surface area contributed by atoms with E-state index in [9.17, 15) is 19.2 Å². The van der Waals surface area contributed by atoms with Crippen molar-refractivity contribution in [3.63, 3.8) is 0 Å². The molecule has 2 aliphatic rings. The van der Waals surface area contributed by atoms with Gasteiger partial charge in [0.2, 0.25) is 11.8 Å². The van der Waals surface area contributed by atoms with Gasteiger partial charge in [-0.1, -0.05) is 45.0 Å². The van der Waals surface area contributed by atoms with Crippen LogP contribution in [-0.4, -0.2) is 70.6 Å². The second-order valence-corrected chi connectivity index (χ2v) is 12.7. The van der Waals surface area contributed by atoms with E-state index < -0.39 is 53.0 Å². The molecule has 1 aromatic heterocycles. The van der Waals surface area contributed by atoms with Gasteiger partial charge < -0.3 is 29.7 Å². The third-order valence-electron chi connectivity index (χ3n) is 7.73. The third kappa shape index (κ3) is 6.99. The Bertz CT molecular complexity index is 1490. The summed E-state index contributed by atoms with van der Waals surface area (Å²) in [6.45, 7) is 16.1. The standard InChI is InChI=1S/C32H39ClN4O7/c1-8-19-16-32(19,29(40)42-9-2)36-27(38)24-15-21(44-25-12-13-34-23-14-20(33)10-11-22(23)25)17-37(24)28(39)26(31(5,6)7)35-30(41)43-18(3)4/h8,10-14,19,21,24,26H,1,3,9,15-17H2,2,4-7H3,(H,35,41)(H,36,38)/t19-,21-,24+,26-,32-/m1/s1. The molecule has 1 saturated heterocycles. The molecule has 0 unspecified atom stereocenters. The number of nitrogens with one attached hydrogen (secondary N) is 2. The monoisotopic (exact) mass is 626 g/mol. The maximum atomic E-state index is 14.2. The van der Waals surface area contributed by atoms with E-state index in [2.05, 4.69) is 28.8 Å². The van der Waals surface area contributed by atoms with E-state index in [4.69, 9.17) is 25.8 Å². The number of nitrogens with zero attached hydrogens (tertiary/aromatic N) is 2. The van der Waals surface area contributed by atoms with Crippen molar-refractivity contribution in [1.82, 2.24) is 20.5 Å². The zero-order chi connectivity index (χ0) is 32.4. The molecule has 12 heteroatoms. The summed E-state index contributed by atoms with van der Waals surface area (Å²) < 4.78 is 16.7. The summed E-state index contributed by atoms with van der Waals surface area (Å²) in [4.78, 5) is 59.3. The van der Waals surface area contributed by atoms with Gasteiger partial charge in [0.15, 0.2) is 0 Å². The van der Waals surface area contributed by atoms with Crippen LogP contribution in [-0.2, 0) is 23.9 Å². The first kappa shape index (κ1) is 32.8. The van der Waals surface area contributed by atoms with Crippen molar-refractivity contribution >= 4 is 46.4 Å². The number of allylic oxidation sites excluding steroid dienone is 1. The van der Waals surface area contributed by atoms with E-state index in [1.54, 1.807) is 64.2 Å². The molecule has 44 heavy (non-hydrogen) atoms. The number of benzene rings is 1. The number of esters is 1. The van der Waals surface area contributed by atoms with Crippen LogP contribution < -0.4 is 15.4 Å². The summed E-state index contributed by atoms with van der Waals surface area (Å²) in [5, 5.41) is 6.74. The maximum Gasteiger partial charge on any atom is 0.412 e. The smallest absolute Gasteiger partial charge is 0.412 e. The number of hydrogen-bond donors (Lipinski definition) is 2. The Hall–Kier alpha value is -4.12. The minimum Gasteiger partial charge on any atom is -0.488 e. The van der Waals surface area contributed by atoms with E-state index in [0.717, 1.165) is 0 Å². The molecular formula is C32H39ClN4O7. The Morgan fingerprint density at radius 1 is 1.25 bits per heavy atom. The molecule has 1 saturated carbocycles. The predicted molar refractivity (Wildman–Crippen MR) is 165 cm³/mol. The highest BCUT2D eigenvalue weighted by Gasteiger charge is 2.62. The van der Waals surface area contributed by atoms with Crippen LogP contribution in [0.25, 0.3) is 10.9 Å². The normalized spacial score (nSPS) is 23.3. The fraction of sp³-hybridized carbons (Fsp3) is 0.469. The average Bonchev–Trinajstić information content (AvgIpc) is 3.49. The van der Waals surface area contributed by atoms with Gasteiger partial charge in [0, 0.05) is 28.9 Å². The number of halogens is 1. The van der Waals surface area contributed by atoms with Gasteiger partial charge in [-0.05, 0) is 49.9 Å². The lowest BCUT2D eigenvalue weighted by Crippen LogP contribution is -2.59. The second kappa shape index (κ2) is 12.9. The minimum atomic E-state index is -1.25. The molecule has 11 nitrogen and oxygen atoms in total. The van der Waals surface area contributed by atoms with Crippen LogP contribution in [0.1, 0.15) is 47.5 Å². The second-order valence-electron chi connectivity index (χ2n) is 12.2. The van der Waals surface area contributed by atoms with Crippen LogP contribution in [0.4, 0.5) is 4.79 Å². The molecule has 4 rings (SSSR count).